The minimum atomic E-state index is -0.501. The van der Waals surface area contributed by atoms with Gasteiger partial charge in [0.15, 0.2) is 0 Å². The van der Waals surface area contributed by atoms with Crippen molar-refractivity contribution in [1.82, 2.24) is 15.5 Å². The standard InChI is InChI=1S/C25H31N3O3/c1-19-12-15-25(16-13-19)27-22(23(29)28(25)18-20-8-4-2-5-9-20)14-17-26-24(30)31-21-10-6-3-7-11-21/h2-11,19,22,27H,12-18H2,1H3,(H,26,30)/t19?,22-,25?/m0/s1. The van der Waals surface area contributed by atoms with E-state index in [1.807, 2.05) is 41.3 Å². The van der Waals surface area contributed by atoms with Crippen LogP contribution in [0.4, 0.5) is 4.79 Å². The van der Waals surface area contributed by atoms with Crippen LogP contribution in [0.25, 0.3) is 0 Å². The van der Waals surface area contributed by atoms with Gasteiger partial charge in [-0.2, -0.15) is 0 Å². The molecule has 1 spiro atoms. The lowest BCUT2D eigenvalue weighted by atomic mass is 9.82. The van der Waals surface area contributed by atoms with Crippen molar-refractivity contribution in [2.75, 3.05) is 6.54 Å². The summed E-state index contributed by atoms with van der Waals surface area (Å²) in [7, 11) is 0. The largest absolute Gasteiger partial charge is 0.412 e. The van der Waals surface area contributed by atoms with Gasteiger partial charge in [0.25, 0.3) is 0 Å². The van der Waals surface area contributed by atoms with Gasteiger partial charge in [0.1, 0.15) is 5.75 Å². The second-order valence-corrected chi connectivity index (χ2v) is 8.74. The van der Waals surface area contributed by atoms with E-state index in [0.717, 1.165) is 31.2 Å². The molecule has 31 heavy (non-hydrogen) atoms. The molecule has 0 radical (unpaired) electrons. The predicted octanol–water partition coefficient (Wildman–Crippen LogP) is 4.07. The van der Waals surface area contributed by atoms with E-state index < -0.39 is 6.09 Å². The second kappa shape index (κ2) is 9.52. The molecule has 2 aromatic rings. The van der Waals surface area contributed by atoms with Gasteiger partial charge in [-0.15, -0.1) is 0 Å². The molecule has 0 aromatic heterocycles. The van der Waals surface area contributed by atoms with Gasteiger partial charge in [0.05, 0.1) is 11.7 Å². The van der Waals surface area contributed by atoms with Gasteiger partial charge in [-0.25, -0.2) is 4.79 Å². The first kappa shape index (κ1) is 21.4. The van der Waals surface area contributed by atoms with E-state index in [4.69, 9.17) is 4.74 Å². The number of rotatable bonds is 6. The SMILES string of the molecule is CC1CCC2(CC1)N[C@@H](CCNC(=O)Oc1ccccc1)C(=O)N2Cc1ccccc1. The first-order valence-electron chi connectivity index (χ1n) is 11.2. The van der Waals surface area contributed by atoms with E-state index >= 15 is 0 Å². The lowest BCUT2D eigenvalue weighted by Crippen LogP contribution is -2.54. The molecule has 164 valence electrons. The molecule has 1 saturated heterocycles. The smallest absolute Gasteiger partial charge is 0.410 e. The molecule has 2 aromatic carbocycles. The first-order valence-corrected chi connectivity index (χ1v) is 11.2. The second-order valence-electron chi connectivity index (χ2n) is 8.74. The molecular weight excluding hydrogens is 390 g/mol. The van der Waals surface area contributed by atoms with Gasteiger partial charge < -0.3 is 15.0 Å². The summed E-state index contributed by atoms with van der Waals surface area (Å²) in [5.41, 5.74) is 0.857. The molecule has 2 fully saturated rings. The monoisotopic (exact) mass is 421 g/mol. The van der Waals surface area contributed by atoms with Crippen molar-refractivity contribution in [1.29, 1.82) is 0 Å². The Morgan fingerprint density at radius 3 is 2.42 bits per heavy atom. The van der Waals surface area contributed by atoms with Gasteiger partial charge in [-0.1, -0.05) is 55.5 Å². The molecule has 2 aliphatic rings. The van der Waals surface area contributed by atoms with Crippen LogP contribution >= 0.6 is 0 Å². The van der Waals surface area contributed by atoms with Crippen molar-refractivity contribution in [3.05, 3.63) is 66.2 Å². The maximum Gasteiger partial charge on any atom is 0.412 e. The lowest BCUT2D eigenvalue weighted by molar-refractivity contribution is -0.134. The molecule has 1 atom stereocenters. The number of nitrogens with zero attached hydrogens (tertiary/aromatic N) is 1. The maximum absolute atomic E-state index is 13.4. The Morgan fingerprint density at radius 1 is 1.10 bits per heavy atom. The van der Waals surface area contributed by atoms with E-state index in [0.29, 0.717) is 31.2 Å². The number of nitrogens with one attached hydrogen (secondary N) is 2. The molecule has 6 heteroatoms. The van der Waals surface area contributed by atoms with E-state index in [-0.39, 0.29) is 17.6 Å². The zero-order chi connectivity index (χ0) is 21.7. The minimum Gasteiger partial charge on any atom is -0.410 e. The van der Waals surface area contributed by atoms with Crippen LogP contribution in [0.5, 0.6) is 5.75 Å². The van der Waals surface area contributed by atoms with Crippen LogP contribution in [0.3, 0.4) is 0 Å². The summed E-state index contributed by atoms with van der Waals surface area (Å²) in [5, 5.41) is 6.42. The molecule has 2 N–H and O–H groups in total. The van der Waals surface area contributed by atoms with Crippen LogP contribution in [-0.4, -0.2) is 35.1 Å². The van der Waals surface area contributed by atoms with Crippen LogP contribution < -0.4 is 15.4 Å². The van der Waals surface area contributed by atoms with Gasteiger partial charge in [0.2, 0.25) is 5.91 Å². The quantitative estimate of drug-likeness (QED) is 0.738. The zero-order valence-electron chi connectivity index (χ0n) is 18.0. The number of hydrogen-bond acceptors (Lipinski definition) is 4. The predicted molar refractivity (Wildman–Crippen MR) is 119 cm³/mol. The fourth-order valence-electron chi connectivity index (χ4n) is 4.66. The van der Waals surface area contributed by atoms with E-state index in [9.17, 15) is 9.59 Å². The van der Waals surface area contributed by atoms with Crippen molar-refractivity contribution in [3.63, 3.8) is 0 Å². The van der Waals surface area contributed by atoms with Crippen molar-refractivity contribution in [2.24, 2.45) is 5.92 Å². The topological polar surface area (TPSA) is 70.7 Å². The third kappa shape index (κ3) is 5.07. The molecule has 1 aliphatic carbocycles. The van der Waals surface area contributed by atoms with Gasteiger partial charge in [-0.3, -0.25) is 10.1 Å². The molecule has 4 rings (SSSR count). The van der Waals surface area contributed by atoms with Crippen LogP contribution in [-0.2, 0) is 11.3 Å². The van der Waals surface area contributed by atoms with Gasteiger partial charge in [0, 0.05) is 13.1 Å². The Hall–Kier alpha value is -2.86. The molecule has 0 bridgehead atoms. The fourth-order valence-corrected chi connectivity index (χ4v) is 4.66. The molecule has 1 heterocycles. The lowest BCUT2D eigenvalue weighted by Gasteiger charge is -2.43. The number of hydrogen-bond donors (Lipinski definition) is 2. The summed E-state index contributed by atoms with van der Waals surface area (Å²) in [5.74, 6) is 1.31. The fraction of sp³-hybridized carbons (Fsp3) is 0.440. The van der Waals surface area contributed by atoms with Crippen molar-refractivity contribution in [2.45, 2.75) is 57.3 Å². The van der Waals surface area contributed by atoms with Crippen LogP contribution in [0.15, 0.2) is 60.7 Å². The van der Waals surface area contributed by atoms with E-state index in [1.54, 1.807) is 12.1 Å². The number of amides is 2. The maximum atomic E-state index is 13.4. The molecule has 1 aliphatic heterocycles. The molecule has 0 unspecified atom stereocenters. The third-order valence-corrected chi connectivity index (χ3v) is 6.46. The highest BCUT2D eigenvalue weighted by Crippen LogP contribution is 2.39. The Morgan fingerprint density at radius 2 is 1.74 bits per heavy atom. The molecule has 1 saturated carbocycles. The Bertz CT molecular complexity index is 879. The average molecular weight is 422 g/mol. The van der Waals surface area contributed by atoms with E-state index in [1.165, 1.54) is 0 Å². The van der Waals surface area contributed by atoms with Crippen LogP contribution in [0, 0.1) is 5.92 Å². The number of benzene rings is 2. The van der Waals surface area contributed by atoms with Crippen molar-refractivity contribution in [3.8, 4) is 5.75 Å². The van der Waals surface area contributed by atoms with Crippen LogP contribution in [0.1, 0.15) is 44.6 Å². The Balaban J connectivity index is 1.38. The summed E-state index contributed by atoms with van der Waals surface area (Å²) < 4.78 is 5.26. The highest BCUT2D eigenvalue weighted by Gasteiger charge is 2.50. The summed E-state index contributed by atoms with van der Waals surface area (Å²) in [6.45, 7) is 3.27. The minimum absolute atomic E-state index is 0.122. The average Bonchev–Trinajstić information content (AvgIpc) is 3.03. The van der Waals surface area contributed by atoms with Crippen LogP contribution in [0.2, 0.25) is 0 Å². The summed E-state index contributed by atoms with van der Waals surface area (Å²) in [6, 6.07) is 18.8. The third-order valence-electron chi connectivity index (χ3n) is 6.46. The highest BCUT2D eigenvalue weighted by atomic mass is 16.6. The summed E-state index contributed by atoms with van der Waals surface area (Å²) in [4.78, 5) is 27.4. The Labute approximate surface area is 184 Å². The summed E-state index contributed by atoms with van der Waals surface area (Å²) >= 11 is 0. The normalized spacial score (nSPS) is 25.6. The number of para-hydroxylation sites is 1. The van der Waals surface area contributed by atoms with Crippen molar-refractivity contribution >= 4 is 12.0 Å². The number of carbonyl (C=O) groups excluding carboxylic acids is 2. The zero-order valence-corrected chi connectivity index (χ0v) is 18.0. The van der Waals surface area contributed by atoms with E-state index in [2.05, 4.69) is 29.7 Å². The molecular formula is C25H31N3O3. The molecule has 2 amide bonds. The van der Waals surface area contributed by atoms with Crippen molar-refractivity contribution < 1.29 is 14.3 Å². The number of carbonyl (C=O) groups is 2. The summed E-state index contributed by atoms with van der Waals surface area (Å²) in [6.07, 6.45) is 4.18. The number of ether oxygens (including phenoxy) is 1. The Kier molecular flexibility index (Phi) is 6.56. The van der Waals surface area contributed by atoms with Gasteiger partial charge >= 0.3 is 6.09 Å². The highest BCUT2D eigenvalue weighted by molar-refractivity contribution is 5.85. The van der Waals surface area contributed by atoms with Gasteiger partial charge in [-0.05, 0) is 55.7 Å². The first-order chi connectivity index (χ1) is 15.1. The molecule has 6 nitrogen and oxygen atoms in total.